The maximum absolute atomic E-state index is 6.74. The van der Waals surface area contributed by atoms with Crippen molar-refractivity contribution in [3.63, 3.8) is 0 Å². The lowest BCUT2D eigenvalue weighted by Gasteiger charge is -2.45. The minimum absolute atomic E-state index is 0.134. The van der Waals surface area contributed by atoms with Crippen LogP contribution in [0.3, 0.4) is 0 Å². The first-order chi connectivity index (χ1) is 12.3. The molecule has 142 valence electrons. The molecule has 2 atom stereocenters. The van der Waals surface area contributed by atoms with Gasteiger partial charge in [0.05, 0.1) is 12.2 Å². The summed E-state index contributed by atoms with van der Waals surface area (Å²) in [5.41, 5.74) is 4.49. The van der Waals surface area contributed by atoms with Gasteiger partial charge in [-0.15, -0.1) is 5.73 Å². The van der Waals surface area contributed by atoms with Gasteiger partial charge < -0.3 is 8.85 Å². The van der Waals surface area contributed by atoms with Crippen molar-refractivity contribution in [2.75, 3.05) is 0 Å². The van der Waals surface area contributed by atoms with Crippen LogP contribution in [0.1, 0.15) is 32.3 Å². The molecule has 0 spiro atoms. The van der Waals surface area contributed by atoms with E-state index in [1.165, 1.54) is 10.8 Å². The molecule has 1 heterocycles. The van der Waals surface area contributed by atoms with Crippen molar-refractivity contribution in [2.24, 2.45) is 0 Å². The third-order valence-electron chi connectivity index (χ3n) is 5.02. The van der Waals surface area contributed by atoms with Gasteiger partial charge in [-0.3, -0.25) is 0 Å². The molecule has 1 aromatic rings. The topological polar surface area (TPSA) is 18.5 Å². The quantitative estimate of drug-likeness (QED) is 0.402. The molecule has 0 aromatic heterocycles. The van der Waals surface area contributed by atoms with Crippen LogP contribution in [0.2, 0.25) is 31.7 Å². The van der Waals surface area contributed by atoms with Gasteiger partial charge in [-0.05, 0) is 43.7 Å². The molecular weight excluding hydrogens is 352 g/mol. The predicted molar refractivity (Wildman–Crippen MR) is 117 cm³/mol. The number of rotatable bonds is 7. The molecule has 1 aliphatic rings. The molecule has 0 aliphatic carbocycles. The minimum Gasteiger partial charge on any atom is -0.411 e. The van der Waals surface area contributed by atoms with Crippen LogP contribution in [0.4, 0.5) is 0 Å². The van der Waals surface area contributed by atoms with Gasteiger partial charge >= 0.3 is 0 Å². The summed E-state index contributed by atoms with van der Waals surface area (Å²) in [5.74, 6) is 0. The van der Waals surface area contributed by atoms with Gasteiger partial charge in [0.25, 0.3) is 0 Å². The Balaban J connectivity index is 2.19. The zero-order valence-corrected chi connectivity index (χ0v) is 19.0. The second-order valence-electron chi connectivity index (χ2n) is 8.04. The van der Waals surface area contributed by atoms with Crippen molar-refractivity contribution in [2.45, 2.75) is 70.6 Å². The van der Waals surface area contributed by atoms with Crippen molar-refractivity contribution >= 4 is 22.7 Å². The second-order valence-corrected chi connectivity index (χ2v) is 16.7. The Morgan fingerprint density at radius 2 is 1.88 bits per heavy atom. The van der Waals surface area contributed by atoms with E-state index in [4.69, 9.17) is 8.85 Å². The lowest BCUT2D eigenvalue weighted by atomic mass is 10.1. The maximum Gasteiger partial charge on any atom is 0.230 e. The molecule has 0 unspecified atom stereocenters. The average molecular weight is 387 g/mol. The fraction of sp³-hybridized carbons (Fsp3) is 0.500. The Kier molecular flexibility index (Phi) is 7.45. The summed E-state index contributed by atoms with van der Waals surface area (Å²) in [6, 6.07) is 12.6. The van der Waals surface area contributed by atoms with Gasteiger partial charge in [0, 0.05) is 11.6 Å². The van der Waals surface area contributed by atoms with Crippen LogP contribution in [0.5, 0.6) is 0 Å². The Bertz CT molecular complexity index is 650. The molecule has 2 rings (SSSR count). The third kappa shape index (κ3) is 5.42. The third-order valence-corrected chi connectivity index (χ3v) is 10.6. The van der Waals surface area contributed by atoms with Gasteiger partial charge in [-0.2, -0.15) is 0 Å². The Hall–Kier alpha value is -1.17. The first-order valence-corrected chi connectivity index (χ1v) is 15.5. The first kappa shape index (κ1) is 21.1. The van der Waals surface area contributed by atoms with Crippen LogP contribution in [0.25, 0.3) is 6.08 Å². The van der Waals surface area contributed by atoms with Gasteiger partial charge in [0.15, 0.2) is 8.32 Å². The summed E-state index contributed by atoms with van der Waals surface area (Å²) in [5, 5.41) is 1.26. The SMILES string of the molecule is C=C=C1[C@H](O[Si](C)(C)C)C[C@@H](C/C=C/c2ccccc2)O[Si]1(CC)CC. The molecule has 0 amide bonds. The molecule has 1 aromatic carbocycles. The monoisotopic (exact) mass is 386 g/mol. The zero-order chi connectivity index (χ0) is 19.2. The minimum atomic E-state index is -2.01. The first-order valence-electron chi connectivity index (χ1n) is 9.81. The van der Waals surface area contributed by atoms with E-state index in [1.54, 1.807) is 0 Å². The van der Waals surface area contributed by atoms with Crippen LogP contribution in [0, 0.1) is 0 Å². The summed E-state index contributed by atoms with van der Waals surface area (Å²) >= 11 is 0. The normalized spacial score (nSPS) is 23.2. The molecule has 2 nitrogen and oxygen atoms in total. The fourth-order valence-corrected chi connectivity index (χ4v) is 8.58. The van der Waals surface area contributed by atoms with Gasteiger partial charge in [0.2, 0.25) is 8.32 Å². The van der Waals surface area contributed by atoms with Crippen molar-refractivity contribution in [1.29, 1.82) is 0 Å². The van der Waals surface area contributed by atoms with Crippen molar-refractivity contribution in [3.05, 3.63) is 59.5 Å². The Labute approximate surface area is 161 Å². The molecule has 0 saturated carbocycles. The van der Waals surface area contributed by atoms with E-state index in [9.17, 15) is 0 Å². The molecular formula is C22H34O2Si2. The molecule has 26 heavy (non-hydrogen) atoms. The van der Waals surface area contributed by atoms with Crippen LogP contribution >= 0.6 is 0 Å². The molecule has 0 radical (unpaired) electrons. The van der Waals surface area contributed by atoms with E-state index < -0.39 is 16.6 Å². The molecule has 0 N–H and O–H groups in total. The summed E-state index contributed by atoms with van der Waals surface area (Å²) in [7, 11) is -3.65. The van der Waals surface area contributed by atoms with E-state index in [0.717, 1.165) is 24.9 Å². The summed E-state index contributed by atoms with van der Waals surface area (Å²) in [6.45, 7) is 15.3. The van der Waals surface area contributed by atoms with Crippen molar-refractivity contribution in [1.82, 2.24) is 0 Å². The van der Waals surface area contributed by atoms with Gasteiger partial charge in [0.1, 0.15) is 0 Å². The molecule has 1 saturated heterocycles. The van der Waals surface area contributed by atoms with E-state index in [0.29, 0.717) is 0 Å². The molecule has 4 heteroatoms. The molecule has 0 bridgehead atoms. The summed E-state index contributed by atoms with van der Waals surface area (Å²) < 4.78 is 13.3. The highest BCUT2D eigenvalue weighted by molar-refractivity contribution is 6.81. The van der Waals surface area contributed by atoms with E-state index >= 15 is 0 Å². The van der Waals surface area contributed by atoms with Crippen LogP contribution < -0.4 is 0 Å². The Morgan fingerprint density at radius 3 is 2.42 bits per heavy atom. The van der Waals surface area contributed by atoms with E-state index in [2.05, 4.69) is 82.2 Å². The van der Waals surface area contributed by atoms with E-state index in [-0.39, 0.29) is 12.2 Å². The summed E-state index contributed by atoms with van der Waals surface area (Å²) in [6.07, 6.45) is 6.64. The van der Waals surface area contributed by atoms with Gasteiger partial charge in [-0.25, -0.2) is 0 Å². The van der Waals surface area contributed by atoms with Crippen LogP contribution in [0.15, 0.2) is 53.9 Å². The number of benzene rings is 1. The largest absolute Gasteiger partial charge is 0.411 e. The number of hydrogen-bond acceptors (Lipinski definition) is 2. The summed E-state index contributed by atoms with van der Waals surface area (Å²) in [4.78, 5) is 0. The smallest absolute Gasteiger partial charge is 0.230 e. The standard InChI is InChI=1S/C22H34O2Si2/c1-7-22-21(24-25(4,5)6)18-20(23-26(22,8-2)9-3)17-13-16-19-14-11-10-12-15-19/h10-16,20-21H,1,8-9,17-18H2,2-6H3/b16-13+/t20-,21-/m1/s1. The second kappa shape index (κ2) is 9.16. The van der Waals surface area contributed by atoms with Crippen LogP contribution in [-0.2, 0) is 8.85 Å². The van der Waals surface area contributed by atoms with E-state index in [1.807, 2.05) is 6.07 Å². The highest BCUT2D eigenvalue weighted by atomic mass is 28.4. The maximum atomic E-state index is 6.74. The highest BCUT2D eigenvalue weighted by Gasteiger charge is 2.47. The molecule has 1 aliphatic heterocycles. The fourth-order valence-electron chi connectivity index (χ4n) is 3.75. The van der Waals surface area contributed by atoms with Crippen molar-refractivity contribution in [3.8, 4) is 0 Å². The average Bonchev–Trinajstić information content (AvgIpc) is 2.60. The van der Waals surface area contributed by atoms with Crippen LogP contribution in [-0.4, -0.2) is 28.8 Å². The lowest BCUT2D eigenvalue weighted by molar-refractivity contribution is 0.0966. The van der Waals surface area contributed by atoms with Gasteiger partial charge in [-0.1, -0.05) is 62.9 Å². The number of hydrogen-bond donors (Lipinski definition) is 0. The van der Waals surface area contributed by atoms with Crippen molar-refractivity contribution < 1.29 is 8.85 Å². The zero-order valence-electron chi connectivity index (χ0n) is 17.0. The molecule has 1 fully saturated rings. The highest BCUT2D eigenvalue weighted by Crippen LogP contribution is 2.39. The lowest BCUT2D eigenvalue weighted by Crippen LogP contribution is -2.54. The Morgan fingerprint density at radius 1 is 1.23 bits per heavy atom. The predicted octanol–water partition coefficient (Wildman–Crippen LogP) is 6.33.